The van der Waals surface area contributed by atoms with Crippen LogP contribution in [0.4, 0.5) is 0 Å². The van der Waals surface area contributed by atoms with Gasteiger partial charge in [0.1, 0.15) is 18.1 Å². The molecule has 0 aromatic heterocycles. The normalized spacial score (nSPS) is 18.1. The molecule has 2 aliphatic carbocycles. The molecule has 1 aromatic carbocycles. The molecule has 4 nitrogen and oxygen atoms in total. The van der Waals surface area contributed by atoms with E-state index in [1.807, 2.05) is 0 Å². The molecule has 0 bridgehead atoms. The maximum atomic E-state index is 6.63. The predicted octanol–water partition coefficient (Wildman–Crippen LogP) is 10.7. The van der Waals surface area contributed by atoms with E-state index in [2.05, 4.69) is 84.0 Å². The maximum absolute atomic E-state index is 6.63. The van der Waals surface area contributed by atoms with Crippen LogP contribution in [-0.2, 0) is 15.0 Å². The molecule has 1 aromatic rings. The topological polar surface area (TPSA) is 39.7 Å². The Balaban J connectivity index is 1.84. The summed E-state index contributed by atoms with van der Waals surface area (Å²) in [5.41, 5.74) is 8.01. The molecule has 4 heteroatoms. The molecule has 0 amide bonds. The first-order valence-electron chi connectivity index (χ1n) is 17.3. The van der Waals surface area contributed by atoms with E-state index < -0.39 is 0 Å². The monoisotopic (exact) mass is 593 g/mol. The first kappa shape index (κ1) is 35.4. The summed E-state index contributed by atoms with van der Waals surface area (Å²) in [5, 5.41) is 0. The second-order valence-corrected chi connectivity index (χ2v) is 14.5. The lowest BCUT2D eigenvalue weighted by Crippen LogP contribution is -2.23. The Bertz CT molecular complexity index is 1050. The summed E-state index contributed by atoms with van der Waals surface area (Å²) >= 11 is 0. The van der Waals surface area contributed by atoms with Crippen LogP contribution in [0.25, 0.3) is 0 Å². The van der Waals surface area contributed by atoms with E-state index in [1.165, 1.54) is 100 Å². The number of hydrogen-bond donors (Lipinski definition) is 1. The highest BCUT2D eigenvalue weighted by Gasteiger charge is 2.28. The van der Waals surface area contributed by atoms with Crippen molar-refractivity contribution in [3.05, 3.63) is 65.0 Å². The Kier molecular flexibility index (Phi) is 14.4. The number of allylic oxidation sites excluding steroid dienone is 4. The Hall–Kier alpha value is -2.04. The zero-order valence-electron chi connectivity index (χ0n) is 28.8. The highest BCUT2D eigenvalue weighted by molar-refractivity contribution is 5.47. The molecule has 0 aliphatic heterocycles. The zero-order valence-corrected chi connectivity index (χ0v) is 28.8. The van der Waals surface area contributed by atoms with Crippen molar-refractivity contribution in [3.63, 3.8) is 0 Å². The van der Waals surface area contributed by atoms with Gasteiger partial charge in [0.05, 0.1) is 20.3 Å². The molecule has 0 heterocycles. The molecule has 0 saturated heterocycles. The first-order chi connectivity index (χ1) is 20.6. The van der Waals surface area contributed by atoms with Crippen molar-refractivity contribution in [3.8, 4) is 5.75 Å². The SMILES string of the molecule is C=C(/C=C\C(OCCNOC)=C(/C)C1CCCCC1)C(C)(C)c1ccc(OCC(C)(C)CCCC)c(C2CCCCC2)c1. The number of ether oxygens (including phenoxy) is 2. The third kappa shape index (κ3) is 10.8. The van der Waals surface area contributed by atoms with Crippen LogP contribution >= 0.6 is 0 Å². The Morgan fingerprint density at radius 3 is 2.30 bits per heavy atom. The van der Waals surface area contributed by atoms with Gasteiger partial charge in [-0.05, 0) is 90.7 Å². The van der Waals surface area contributed by atoms with Crippen molar-refractivity contribution in [2.24, 2.45) is 11.3 Å². The van der Waals surface area contributed by atoms with Gasteiger partial charge >= 0.3 is 0 Å². The van der Waals surface area contributed by atoms with E-state index in [4.69, 9.17) is 14.3 Å². The highest BCUT2D eigenvalue weighted by Crippen LogP contribution is 2.42. The number of hydroxylamine groups is 1. The van der Waals surface area contributed by atoms with Crippen LogP contribution < -0.4 is 10.2 Å². The molecule has 0 spiro atoms. The molecule has 2 fully saturated rings. The summed E-state index contributed by atoms with van der Waals surface area (Å²) in [6.07, 6.45) is 21.0. The number of nitrogens with one attached hydrogen (secondary N) is 1. The van der Waals surface area contributed by atoms with Crippen LogP contribution in [0, 0.1) is 11.3 Å². The van der Waals surface area contributed by atoms with E-state index in [9.17, 15) is 0 Å². The largest absolute Gasteiger partial charge is 0.493 e. The molecule has 2 aliphatic rings. The zero-order chi connectivity index (χ0) is 31.3. The van der Waals surface area contributed by atoms with Crippen molar-refractivity contribution < 1.29 is 14.3 Å². The summed E-state index contributed by atoms with van der Waals surface area (Å²) in [6, 6.07) is 6.97. The summed E-state index contributed by atoms with van der Waals surface area (Å²) in [7, 11) is 1.64. The van der Waals surface area contributed by atoms with Gasteiger partial charge in [0.15, 0.2) is 0 Å². The van der Waals surface area contributed by atoms with Gasteiger partial charge in [0.25, 0.3) is 0 Å². The lowest BCUT2D eigenvalue weighted by Gasteiger charge is -2.31. The number of unbranched alkanes of at least 4 members (excludes halogenated alkanes) is 1. The van der Waals surface area contributed by atoms with E-state index >= 15 is 0 Å². The molecular formula is C39H63NO3. The van der Waals surface area contributed by atoms with Crippen molar-refractivity contribution in [1.29, 1.82) is 0 Å². The van der Waals surface area contributed by atoms with Gasteiger partial charge < -0.3 is 14.3 Å². The van der Waals surface area contributed by atoms with E-state index in [-0.39, 0.29) is 10.8 Å². The number of benzene rings is 1. The summed E-state index contributed by atoms with van der Waals surface area (Å²) < 4.78 is 12.9. The van der Waals surface area contributed by atoms with Crippen LogP contribution in [0.15, 0.2) is 53.8 Å². The van der Waals surface area contributed by atoms with E-state index in [0.717, 1.165) is 23.7 Å². The first-order valence-corrected chi connectivity index (χ1v) is 17.3. The molecular weight excluding hydrogens is 530 g/mol. The van der Waals surface area contributed by atoms with Crippen LogP contribution in [0.1, 0.15) is 142 Å². The molecule has 3 rings (SSSR count). The summed E-state index contributed by atoms with van der Waals surface area (Å²) in [5.74, 6) is 3.24. The van der Waals surface area contributed by atoms with Gasteiger partial charge in [-0.3, -0.25) is 0 Å². The fourth-order valence-corrected chi connectivity index (χ4v) is 6.71. The average molecular weight is 594 g/mol. The van der Waals surface area contributed by atoms with Gasteiger partial charge in [-0.15, -0.1) is 0 Å². The highest BCUT2D eigenvalue weighted by atomic mass is 16.6. The quantitative estimate of drug-likeness (QED) is 0.0844. The molecule has 2 saturated carbocycles. The second kappa shape index (κ2) is 17.4. The molecule has 43 heavy (non-hydrogen) atoms. The third-order valence-corrected chi connectivity index (χ3v) is 10.1. The molecule has 0 unspecified atom stereocenters. The fraction of sp³-hybridized carbons (Fsp3) is 0.692. The van der Waals surface area contributed by atoms with E-state index in [0.29, 0.717) is 25.0 Å². The lowest BCUT2D eigenvalue weighted by molar-refractivity contribution is 0.0715. The predicted molar refractivity (Wildman–Crippen MR) is 183 cm³/mol. The average Bonchev–Trinajstić information content (AvgIpc) is 3.02. The minimum absolute atomic E-state index is 0.180. The molecule has 0 radical (unpaired) electrons. The number of rotatable bonds is 17. The van der Waals surface area contributed by atoms with Crippen LogP contribution in [-0.4, -0.2) is 26.9 Å². The Morgan fingerprint density at radius 2 is 1.65 bits per heavy atom. The molecule has 0 atom stereocenters. The van der Waals surface area contributed by atoms with Gasteiger partial charge in [-0.2, -0.15) is 5.48 Å². The van der Waals surface area contributed by atoms with Crippen molar-refractivity contribution in [2.75, 3.05) is 26.9 Å². The minimum atomic E-state index is -0.222. The van der Waals surface area contributed by atoms with Gasteiger partial charge in [0, 0.05) is 5.41 Å². The van der Waals surface area contributed by atoms with Gasteiger partial charge in [0.2, 0.25) is 0 Å². The number of hydrogen-bond acceptors (Lipinski definition) is 4. The summed E-state index contributed by atoms with van der Waals surface area (Å²) in [4.78, 5) is 5.01. The van der Waals surface area contributed by atoms with Crippen LogP contribution in [0.5, 0.6) is 5.75 Å². The fourth-order valence-electron chi connectivity index (χ4n) is 6.71. The van der Waals surface area contributed by atoms with Gasteiger partial charge in [-0.1, -0.05) is 111 Å². The van der Waals surface area contributed by atoms with Crippen molar-refractivity contribution in [2.45, 2.75) is 136 Å². The standard InChI is InChI=1S/C39H63NO3/c1-9-10-25-38(4,5)29-43-37-24-22-34(28-35(37)33-19-15-12-16-20-33)39(6,7)30(2)21-23-36(42-27-26-40-41-8)31(3)32-17-13-11-14-18-32/h21-24,28,32-33,40H,2,9-20,25-27,29H2,1,3-8H3/b23-21-,36-31-. The molecule has 242 valence electrons. The van der Waals surface area contributed by atoms with Crippen molar-refractivity contribution in [1.82, 2.24) is 5.48 Å². The van der Waals surface area contributed by atoms with E-state index in [1.54, 1.807) is 7.11 Å². The smallest absolute Gasteiger partial charge is 0.122 e. The third-order valence-electron chi connectivity index (χ3n) is 10.1. The molecule has 1 N–H and O–H groups in total. The maximum Gasteiger partial charge on any atom is 0.122 e. The minimum Gasteiger partial charge on any atom is -0.493 e. The van der Waals surface area contributed by atoms with Gasteiger partial charge in [-0.25, -0.2) is 0 Å². The van der Waals surface area contributed by atoms with Crippen molar-refractivity contribution >= 4 is 0 Å². The Labute approximate surface area is 264 Å². The second-order valence-electron chi connectivity index (χ2n) is 14.5. The van der Waals surface area contributed by atoms with Crippen LogP contribution in [0.3, 0.4) is 0 Å². The van der Waals surface area contributed by atoms with Crippen LogP contribution in [0.2, 0.25) is 0 Å². The Morgan fingerprint density at radius 1 is 0.977 bits per heavy atom. The lowest BCUT2D eigenvalue weighted by atomic mass is 9.75. The summed E-state index contributed by atoms with van der Waals surface area (Å²) in [6.45, 7) is 20.4.